The molecule has 0 spiro atoms. The number of hydrogen-bond donors (Lipinski definition) is 3. The minimum atomic E-state index is -0.641. The highest BCUT2D eigenvalue weighted by atomic mass is 32.1. The van der Waals surface area contributed by atoms with Gasteiger partial charge >= 0.3 is 0 Å². The van der Waals surface area contributed by atoms with E-state index in [1.807, 2.05) is 13.0 Å². The summed E-state index contributed by atoms with van der Waals surface area (Å²) in [5.74, 6) is -0.824. The van der Waals surface area contributed by atoms with Crippen LogP contribution in [0.4, 0.5) is 9.39 Å². The van der Waals surface area contributed by atoms with Crippen LogP contribution in [0.1, 0.15) is 11.3 Å². The van der Waals surface area contributed by atoms with E-state index >= 15 is 0 Å². The van der Waals surface area contributed by atoms with Gasteiger partial charge < -0.3 is 15.3 Å². The van der Waals surface area contributed by atoms with Crippen LogP contribution in [-0.2, 0) is 0 Å². The summed E-state index contributed by atoms with van der Waals surface area (Å²) in [6.07, 6.45) is 0. The maximum Gasteiger partial charge on any atom is 0.156 e. The van der Waals surface area contributed by atoms with Crippen molar-refractivity contribution in [2.24, 2.45) is 0 Å². The quantitative estimate of drug-likeness (QED) is 0.454. The number of hydrogen-bond acceptors (Lipinski definition) is 7. The molecular weight excluding hydrogens is 415 g/mol. The molecule has 1 saturated heterocycles. The van der Waals surface area contributed by atoms with Gasteiger partial charge in [0.15, 0.2) is 5.65 Å². The number of halogens is 1. The Labute approximate surface area is 181 Å². The summed E-state index contributed by atoms with van der Waals surface area (Å²) in [7, 11) is 0. The molecule has 0 radical (unpaired) electrons. The predicted octanol–water partition coefficient (Wildman–Crippen LogP) is 3.79. The number of aryl methyl sites for hydroxylation is 1. The first kappa shape index (κ1) is 19.5. The number of phenols is 1. The molecule has 3 aromatic heterocycles. The average Bonchev–Trinajstić information content (AvgIpc) is 3.40. The van der Waals surface area contributed by atoms with Gasteiger partial charge in [-0.25, -0.2) is 9.37 Å². The Morgan fingerprint density at radius 2 is 2.03 bits per heavy atom. The molecule has 3 N–H and O–H groups in total. The molecule has 7 nitrogen and oxygen atoms in total. The topological polar surface area (TPSA) is 101 Å². The minimum absolute atomic E-state index is 0.156. The number of nitriles is 1. The molecule has 1 aliphatic heterocycles. The number of piperazine rings is 1. The molecule has 5 rings (SSSR count). The second-order valence-corrected chi connectivity index (χ2v) is 8.46. The van der Waals surface area contributed by atoms with Crippen molar-refractivity contribution in [3.8, 4) is 33.5 Å². The van der Waals surface area contributed by atoms with E-state index in [4.69, 9.17) is 0 Å². The second-order valence-electron chi connectivity index (χ2n) is 7.39. The zero-order chi connectivity index (χ0) is 21.5. The van der Waals surface area contributed by atoms with Crippen LogP contribution in [0.2, 0.25) is 0 Å². The minimum Gasteiger partial charge on any atom is -0.508 e. The molecule has 0 aliphatic carbocycles. The van der Waals surface area contributed by atoms with Crippen molar-refractivity contribution in [3.63, 3.8) is 0 Å². The molecule has 4 heterocycles. The van der Waals surface area contributed by atoms with E-state index in [2.05, 4.69) is 37.5 Å². The SMILES string of the molecule is Cc1n[nH]c2nc(-c3ccc(O)cc3F)c(C#N)c(-c3ccc(N4CCNCC4)s3)c12. The van der Waals surface area contributed by atoms with Crippen LogP contribution >= 0.6 is 11.3 Å². The number of nitrogens with one attached hydrogen (secondary N) is 2. The van der Waals surface area contributed by atoms with E-state index in [0.29, 0.717) is 11.2 Å². The third-order valence-corrected chi connectivity index (χ3v) is 6.64. The van der Waals surface area contributed by atoms with Gasteiger partial charge in [0.05, 0.1) is 27.3 Å². The fraction of sp³-hybridized carbons (Fsp3) is 0.227. The maximum absolute atomic E-state index is 14.7. The number of rotatable bonds is 3. The van der Waals surface area contributed by atoms with Crippen molar-refractivity contribution in [1.82, 2.24) is 20.5 Å². The lowest BCUT2D eigenvalue weighted by Crippen LogP contribution is -2.43. The van der Waals surface area contributed by atoms with Gasteiger partial charge in [0.1, 0.15) is 17.6 Å². The first-order valence-corrected chi connectivity index (χ1v) is 10.7. The number of aromatic amines is 1. The van der Waals surface area contributed by atoms with Crippen LogP contribution in [0, 0.1) is 24.1 Å². The zero-order valence-corrected chi connectivity index (χ0v) is 17.6. The largest absolute Gasteiger partial charge is 0.508 e. The van der Waals surface area contributed by atoms with Gasteiger partial charge in [-0.3, -0.25) is 5.10 Å². The zero-order valence-electron chi connectivity index (χ0n) is 16.7. The van der Waals surface area contributed by atoms with Crippen molar-refractivity contribution in [2.45, 2.75) is 6.92 Å². The number of pyridine rings is 1. The van der Waals surface area contributed by atoms with E-state index in [-0.39, 0.29) is 22.6 Å². The molecule has 1 fully saturated rings. The number of nitrogens with zero attached hydrogens (tertiary/aromatic N) is 4. The van der Waals surface area contributed by atoms with E-state index in [1.165, 1.54) is 12.1 Å². The number of aromatic hydroxyl groups is 1. The second kappa shape index (κ2) is 7.65. The lowest BCUT2D eigenvalue weighted by Gasteiger charge is -2.27. The van der Waals surface area contributed by atoms with E-state index in [0.717, 1.165) is 53.2 Å². The number of fused-ring (bicyclic) bond motifs is 1. The normalized spacial score (nSPS) is 14.2. The first-order chi connectivity index (χ1) is 15.1. The summed E-state index contributed by atoms with van der Waals surface area (Å²) >= 11 is 1.60. The van der Waals surface area contributed by atoms with Crippen LogP contribution in [0.15, 0.2) is 30.3 Å². The molecule has 31 heavy (non-hydrogen) atoms. The molecule has 1 aliphatic rings. The fourth-order valence-corrected chi connectivity index (χ4v) is 5.09. The molecule has 0 atom stereocenters. The Hall–Kier alpha value is -3.48. The lowest BCUT2D eigenvalue weighted by molar-refractivity contribution is 0.469. The Kier molecular flexibility index (Phi) is 4.81. The molecular formula is C22H19FN6OS. The van der Waals surface area contributed by atoms with E-state index < -0.39 is 5.82 Å². The fourth-order valence-electron chi connectivity index (χ4n) is 3.97. The third-order valence-electron chi connectivity index (χ3n) is 5.47. The summed E-state index contributed by atoms with van der Waals surface area (Å²) in [6, 6.07) is 10.2. The highest BCUT2D eigenvalue weighted by Gasteiger charge is 2.24. The van der Waals surface area contributed by atoms with Crippen LogP contribution in [-0.4, -0.2) is 46.5 Å². The van der Waals surface area contributed by atoms with Crippen molar-refractivity contribution in [3.05, 3.63) is 47.4 Å². The summed E-state index contributed by atoms with van der Waals surface area (Å²) in [6.45, 7) is 5.57. The van der Waals surface area contributed by atoms with Gasteiger partial charge in [0.25, 0.3) is 0 Å². The molecule has 156 valence electrons. The third kappa shape index (κ3) is 3.30. The molecule has 0 bridgehead atoms. The number of aromatic nitrogens is 3. The van der Waals surface area contributed by atoms with Crippen LogP contribution in [0.3, 0.4) is 0 Å². The summed E-state index contributed by atoms with van der Waals surface area (Å²) in [5, 5.41) is 32.1. The predicted molar refractivity (Wildman–Crippen MR) is 119 cm³/mol. The molecule has 9 heteroatoms. The van der Waals surface area contributed by atoms with E-state index in [1.54, 1.807) is 11.3 Å². The molecule has 0 amide bonds. The van der Waals surface area contributed by atoms with E-state index in [9.17, 15) is 14.8 Å². The molecule has 0 saturated carbocycles. The van der Waals surface area contributed by atoms with Crippen LogP contribution in [0.5, 0.6) is 5.75 Å². The molecule has 4 aromatic rings. The van der Waals surface area contributed by atoms with Crippen LogP contribution < -0.4 is 10.2 Å². The molecule has 1 aromatic carbocycles. The van der Waals surface area contributed by atoms with Gasteiger partial charge in [-0.05, 0) is 31.2 Å². The highest BCUT2D eigenvalue weighted by molar-refractivity contribution is 7.19. The summed E-state index contributed by atoms with van der Waals surface area (Å²) < 4.78 is 14.7. The van der Waals surface area contributed by atoms with Crippen molar-refractivity contribution < 1.29 is 9.50 Å². The standard InChI is InChI=1S/C22H19FN6OS/c1-12-19-20(17-4-5-18(31-17)29-8-6-25-7-9-29)15(11-24)21(26-22(19)28-27-12)14-3-2-13(30)10-16(14)23/h2-5,10,25,30H,6-9H2,1H3,(H,26,27,28). The number of H-pyrrole nitrogens is 1. The Balaban J connectivity index is 1.75. The smallest absolute Gasteiger partial charge is 0.156 e. The Morgan fingerprint density at radius 3 is 2.77 bits per heavy atom. The average molecular weight is 435 g/mol. The van der Waals surface area contributed by atoms with Gasteiger partial charge in [-0.1, -0.05) is 0 Å². The van der Waals surface area contributed by atoms with Gasteiger partial charge in [0, 0.05) is 48.2 Å². The summed E-state index contributed by atoms with van der Waals surface area (Å²) in [4.78, 5) is 7.76. The number of thiophene rings is 1. The number of phenolic OH excluding ortho intramolecular Hbond substituents is 1. The lowest BCUT2D eigenvalue weighted by atomic mass is 9.97. The van der Waals surface area contributed by atoms with Gasteiger partial charge in [-0.15, -0.1) is 11.3 Å². The number of anilines is 1. The van der Waals surface area contributed by atoms with Crippen LogP contribution in [0.25, 0.3) is 32.7 Å². The van der Waals surface area contributed by atoms with Crippen molar-refractivity contribution in [1.29, 1.82) is 5.26 Å². The first-order valence-electron chi connectivity index (χ1n) is 9.90. The maximum atomic E-state index is 14.7. The molecule has 0 unspecified atom stereocenters. The Bertz CT molecular complexity index is 1330. The number of benzene rings is 1. The summed E-state index contributed by atoms with van der Waals surface area (Å²) in [5.41, 5.74) is 2.59. The van der Waals surface area contributed by atoms with Gasteiger partial charge in [0.2, 0.25) is 0 Å². The van der Waals surface area contributed by atoms with Crippen molar-refractivity contribution in [2.75, 3.05) is 31.1 Å². The Morgan fingerprint density at radius 1 is 1.23 bits per heavy atom. The monoisotopic (exact) mass is 434 g/mol. The highest BCUT2D eigenvalue weighted by Crippen LogP contribution is 2.42. The van der Waals surface area contributed by atoms with Gasteiger partial charge in [-0.2, -0.15) is 10.4 Å². The van der Waals surface area contributed by atoms with Crippen molar-refractivity contribution >= 4 is 27.4 Å².